The lowest BCUT2D eigenvalue weighted by Gasteiger charge is -2.07. The molecule has 0 saturated carbocycles. The molecular formula is C22H25N5O2S. The van der Waals surface area contributed by atoms with Crippen molar-refractivity contribution in [2.24, 2.45) is 5.10 Å². The van der Waals surface area contributed by atoms with Crippen LogP contribution < -0.4 is 10.2 Å². The van der Waals surface area contributed by atoms with E-state index in [1.54, 1.807) is 6.21 Å². The molecule has 156 valence electrons. The lowest BCUT2D eigenvalue weighted by Crippen LogP contribution is -2.20. The number of thioether (sulfide) groups is 1. The summed E-state index contributed by atoms with van der Waals surface area (Å²) in [6, 6.07) is 15.7. The van der Waals surface area contributed by atoms with Gasteiger partial charge < -0.3 is 9.30 Å². The van der Waals surface area contributed by atoms with Crippen LogP contribution in [0, 0.1) is 6.92 Å². The zero-order valence-corrected chi connectivity index (χ0v) is 18.1. The first-order valence-electron chi connectivity index (χ1n) is 9.78. The number of nitrogens with zero attached hydrogens (tertiary/aromatic N) is 4. The van der Waals surface area contributed by atoms with Crippen LogP contribution in [0.5, 0.6) is 5.75 Å². The van der Waals surface area contributed by atoms with Crippen LogP contribution >= 0.6 is 11.8 Å². The molecule has 30 heavy (non-hydrogen) atoms. The molecule has 7 nitrogen and oxygen atoms in total. The van der Waals surface area contributed by atoms with E-state index in [0.29, 0.717) is 11.8 Å². The van der Waals surface area contributed by atoms with Crippen LogP contribution in [0.15, 0.2) is 58.8 Å². The number of hydrogen-bond donors (Lipinski definition) is 1. The highest BCUT2D eigenvalue weighted by Crippen LogP contribution is 2.24. The van der Waals surface area contributed by atoms with Gasteiger partial charge in [0.2, 0.25) is 0 Å². The monoisotopic (exact) mass is 423 g/mol. The number of hydrogen-bond acceptors (Lipinski definition) is 6. The van der Waals surface area contributed by atoms with E-state index in [-0.39, 0.29) is 11.7 Å². The Hall–Kier alpha value is -3.13. The van der Waals surface area contributed by atoms with Gasteiger partial charge in [0.1, 0.15) is 5.75 Å². The van der Waals surface area contributed by atoms with Crippen molar-refractivity contribution in [3.63, 3.8) is 0 Å². The van der Waals surface area contributed by atoms with Gasteiger partial charge in [-0.1, -0.05) is 41.6 Å². The Kier molecular flexibility index (Phi) is 7.62. The molecule has 3 rings (SSSR count). The Balaban J connectivity index is 1.55. The minimum Gasteiger partial charge on any atom is -0.494 e. The van der Waals surface area contributed by atoms with E-state index in [9.17, 15) is 4.79 Å². The second-order valence-corrected chi connectivity index (χ2v) is 7.44. The summed E-state index contributed by atoms with van der Waals surface area (Å²) in [5.74, 6) is 1.60. The largest absolute Gasteiger partial charge is 0.494 e. The van der Waals surface area contributed by atoms with Gasteiger partial charge in [-0.05, 0) is 50.6 Å². The Bertz CT molecular complexity index is 997. The van der Waals surface area contributed by atoms with Gasteiger partial charge in [-0.2, -0.15) is 5.10 Å². The normalized spacial score (nSPS) is 11.0. The Morgan fingerprint density at radius 2 is 1.87 bits per heavy atom. The number of benzene rings is 2. The molecule has 0 aliphatic carbocycles. The molecule has 0 bridgehead atoms. The number of carbonyl (C=O) groups is 1. The minimum atomic E-state index is -0.204. The molecule has 1 heterocycles. The van der Waals surface area contributed by atoms with Crippen LogP contribution in [-0.2, 0) is 11.3 Å². The predicted molar refractivity (Wildman–Crippen MR) is 120 cm³/mol. The zero-order valence-electron chi connectivity index (χ0n) is 17.3. The third-order valence-corrected chi connectivity index (χ3v) is 5.24. The number of rotatable bonds is 9. The summed E-state index contributed by atoms with van der Waals surface area (Å²) >= 11 is 1.34. The van der Waals surface area contributed by atoms with E-state index in [2.05, 4.69) is 20.7 Å². The lowest BCUT2D eigenvalue weighted by molar-refractivity contribution is -0.118. The fourth-order valence-electron chi connectivity index (χ4n) is 2.75. The third kappa shape index (κ3) is 5.70. The van der Waals surface area contributed by atoms with Gasteiger partial charge in [0.15, 0.2) is 11.0 Å². The first kappa shape index (κ1) is 21.6. The Morgan fingerprint density at radius 1 is 1.13 bits per heavy atom. The molecular weight excluding hydrogens is 398 g/mol. The van der Waals surface area contributed by atoms with Gasteiger partial charge in [0.25, 0.3) is 5.91 Å². The molecule has 0 radical (unpaired) electrons. The number of ether oxygens (including phenoxy) is 1. The molecule has 8 heteroatoms. The number of carbonyl (C=O) groups excluding carboxylic acids is 1. The topological polar surface area (TPSA) is 81.4 Å². The summed E-state index contributed by atoms with van der Waals surface area (Å²) in [6.07, 6.45) is 1.60. The summed E-state index contributed by atoms with van der Waals surface area (Å²) in [7, 11) is 0. The van der Waals surface area contributed by atoms with Crippen LogP contribution in [-0.4, -0.2) is 39.2 Å². The van der Waals surface area contributed by atoms with E-state index in [1.807, 2.05) is 73.9 Å². The third-order valence-electron chi connectivity index (χ3n) is 4.27. The number of amides is 1. The van der Waals surface area contributed by atoms with E-state index in [0.717, 1.165) is 29.2 Å². The van der Waals surface area contributed by atoms with Gasteiger partial charge in [0.05, 0.1) is 18.6 Å². The average molecular weight is 424 g/mol. The van der Waals surface area contributed by atoms with Crippen molar-refractivity contribution in [3.8, 4) is 17.1 Å². The van der Waals surface area contributed by atoms with Gasteiger partial charge in [-0.25, -0.2) is 5.43 Å². The fraction of sp³-hybridized carbons (Fsp3) is 0.273. The molecule has 0 aliphatic heterocycles. The van der Waals surface area contributed by atoms with E-state index in [4.69, 9.17) is 4.74 Å². The highest BCUT2D eigenvalue weighted by atomic mass is 32.2. The number of hydrazone groups is 1. The number of aromatic nitrogens is 3. The molecule has 3 aromatic rings. The maximum Gasteiger partial charge on any atom is 0.250 e. The van der Waals surface area contributed by atoms with Crippen molar-refractivity contribution in [3.05, 3.63) is 59.7 Å². The number of nitrogens with one attached hydrogen (secondary N) is 1. The summed E-state index contributed by atoms with van der Waals surface area (Å²) in [5, 5.41) is 13.3. The van der Waals surface area contributed by atoms with Crippen LogP contribution in [0.1, 0.15) is 25.0 Å². The lowest BCUT2D eigenvalue weighted by atomic mass is 10.1. The fourth-order valence-corrected chi connectivity index (χ4v) is 3.55. The summed E-state index contributed by atoms with van der Waals surface area (Å²) in [5.41, 5.74) is 5.62. The molecule has 1 amide bonds. The van der Waals surface area contributed by atoms with Crippen LogP contribution in [0.2, 0.25) is 0 Å². The molecule has 0 aliphatic rings. The van der Waals surface area contributed by atoms with Crippen LogP contribution in [0.4, 0.5) is 0 Å². The second kappa shape index (κ2) is 10.6. The highest BCUT2D eigenvalue weighted by Gasteiger charge is 2.14. The van der Waals surface area contributed by atoms with Crippen molar-refractivity contribution in [2.45, 2.75) is 32.5 Å². The first-order chi connectivity index (χ1) is 14.6. The van der Waals surface area contributed by atoms with E-state index >= 15 is 0 Å². The SMILES string of the molecule is CCOc1ccc(/C=N/NC(=O)CSc2nnc(-c3ccc(C)cc3)n2CC)cc1. The maximum atomic E-state index is 12.1. The van der Waals surface area contributed by atoms with Crippen molar-refractivity contribution in [2.75, 3.05) is 12.4 Å². The molecule has 1 aromatic heterocycles. The standard InChI is InChI=1S/C22H25N5O2S/c1-4-27-21(18-10-6-16(3)7-11-18)25-26-22(27)30-15-20(28)24-23-14-17-8-12-19(13-9-17)29-5-2/h6-14H,4-5,15H2,1-3H3,(H,24,28)/b23-14+. The van der Waals surface area contributed by atoms with E-state index in [1.165, 1.54) is 17.3 Å². The zero-order chi connectivity index (χ0) is 21.3. The molecule has 0 fully saturated rings. The predicted octanol–water partition coefficient (Wildman–Crippen LogP) is 3.91. The first-order valence-corrected chi connectivity index (χ1v) is 10.8. The summed E-state index contributed by atoms with van der Waals surface area (Å²) in [4.78, 5) is 12.1. The summed E-state index contributed by atoms with van der Waals surface area (Å²) in [6.45, 7) is 7.36. The quantitative estimate of drug-likeness (QED) is 0.321. The molecule has 0 spiro atoms. The van der Waals surface area contributed by atoms with E-state index < -0.39 is 0 Å². The van der Waals surface area contributed by atoms with Crippen LogP contribution in [0.3, 0.4) is 0 Å². The van der Waals surface area contributed by atoms with Crippen molar-refractivity contribution in [1.29, 1.82) is 0 Å². The molecule has 0 atom stereocenters. The van der Waals surface area contributed by atoms with Gasteiger partial charge in [0, 0.05) is 12.1 Å². The highest BCUT2D eigenvalue weighted by molar-refractivity contribution is 7.99. The van der Waals surface area contributed by atoms with Crippen molar-refractivity contribution >= 4 is 23.9 Å². The Labute approximate surface area is 180 Å². The van der Waals surface area contributed by atoms with Gasteiger partial charge in [-0.15, -0.1) is 10.2 Å². The second-order valence-electron chi connectivity index (χ2n) is 6.50. The maximum absolute atomic E-state index is 12.1. The summed E-state index contributed by atoms with van der Waals surface area (Å²) < 4.78 is 7.41. The van der Waals surface area contributed by atoms with Gasteiger partial charge >= 0.3 is 0 Å². The molecule has 1 N–H and O–H groups in total. The Morgan fingerprint density at radius 3 is 2.53 bits per heavy atom. The number of aryl methyl sites for hydroxylation is 1. The van der Waals surface area contributed by atoms with Crippen molar-refractivity contribution < 1.29 is 9.53 Å². The molecule has 0 saturated heterocycles. The average Bonchev–Trinajstić information content (AvgIpc) is 3.17. The minimum absolute atomic E-state index is 0.201. The smallest absolute Gasteiger partial charge is 0.250 e. The molecule has 2 aromatic carbocycles. The van der Waals surface area contributed by atoms with Crippen molar-refractivity contribution in [1.82, 2.24) is 20.2 Å². The molecule has 0 unspecified atom stereocenters. The van der Waals surface area contributed by atoms with Gasteiger partial charge in [-0.3, -0.25) is 4.79 Å². The van der Waals surface area contributed by atoms with Crippen LogP contribution in [0.25, 0.3) is 11.4 Å².